The van der Waals surface area contributed by atoms with Crippen LogP contribution in [-0.2, 0) is 4.79 Å². The molecule has 0 aliphatic carbocycles. The number of methoxy groups -OCH3 is 1. The van der Waals surface area contributed by atoms with E-state index in [4.69, 9.17) is 20.5 Å². The van der Waals surface area contributed by atoms with E-state index in [2.05, 4.69) is 0 Å². The van der Waals surface area contributed by atoms with E-state index in [1.54, 1.807) is 31.4 Å². The number of nitriles is 1. The molecule has 94 valence electrons. The fourth-order valence-corrected chi connectivity index (χ4v) is 1.36. The highest BCUT2D eigenvalue weighted by Crippen LogP contribution is 2.26. The van der Waals surface area contributed by atoms with Crippen LogP contribution in [-0.4, -0.2) is 19.6 Å². The van der Waals surface area contributed by atoms with Gasteiger partial charge in [0, 0.05) is 11.6 Å². The third-order valence-corrected chi connectivity index (χ3v) is 2.21. The lowest BCUT2D eigenvalue weighted by Crippen LogP contribution is -2.12. The monoisotopic (exact) mass is 246 g/mol. The molecule has 18 heavy (non-hydrogen) atoms. The van der Waals surface area contributed by atoms with Gasteiger partial charge in [-0.05, 0) is 25.1 Å². The first-order chi connectivity index (χ1) is 8.62. The second-order valence-corrected chi connectivity index (χ2v) is 3.37. The van der Waals surface area contributed by atoms with Crippen LogP contribution in [0.5, 0.6) is 11.5 Å². The standard InChI is InChI=1S/C13H14N2O3/c1-3-18-12-7-11(17-2)5-4-9(12)6-10(8-14)13(15)16/h4-7H,3H2,1-2H3,(H2,15,16)/b10-6+. The van der Waals surface area contributed by atoms with E-state index in [-0.39, 0.29) is 5.57 Å². The molecule has 0 radical (unpaired) electrons. The molecule has 1 aromatic rings. The molecule has 1 rings (SSSR count). The molecule has 1 amide bonds. The van der Waals surface area contributed by atoms with Crippen molar-refractivity contribution in [2.24, 2.45) is 5.73 Å². The topological polar surface area (TPSA) is 85.3 Å². The smallest absolute Gasteiger partial charge is 0.259 e. The summed E-state index contributed by atoms with van der Waals surface area (Å²) in [4.78, 5) is 11.0. The fraction of sp³-hybridized carbons (Fsp3) is 0.231. The Kier molecular flexibility index (Phi) is 4.76. The van der Waals surface area contributed by atoms with Crippen molar-refractivity contribution in [3.8, 4) is 17.6 Å². The molecule has 1 aromatic carbocycles. The van der Waals surface area contributed by atoms with Crippen LogP contribution in [0, 0.1) is 11.3 Å². The Hall–Kier alpha value is -2.48. The number of nitrogens with zero attached hydrogens (tertiary/aromatic N) is 1. The number of ether oxygens (including phenoxy) is 2. The van der Waals surface area contributed by atoms with Gasteiger partial charge in [0.2, 0.25) is 0 Å². The van der Waals surface area contributed by atoms with Gasteiger partial charge in [-0.25, -0.2) is 0 Å². The molecule has 0 aromatic heterocycles. The average molecular weight is 246 g/mol. The van der Waals surface area contributed by atoms with Crippen LogP contribution in [0.25, 0.3) is 6.08 Å². The normalized spacial score (nSPS) is 10.6. The summed E-state index contributed by atoms with van der Waals surface area (Å²) in [5.41, 5.74) is 5.56. The quantitative estimate of drug-likeness (QED) is 0.630. The maximum atomic E-state index is 11.0. The minimum Gasteiger partial charge on any atom is -0.497 e. The zero-order valence-corrected chi connectivity index (χ0v) is 10.3. The minimum atomic E-state index is -0.768. The molecule has 2 N–H and O–H groups in total. The molecule has 0 saturated carbocycles. The molecule has 5 heteroatoms. The van der Waals surface area contributed by atoms with Crippen LogP contribution < -0.4 is 15.2 Å². The number of rotatable bonds is 5. The SMILES string of the molecule is CCOc1cc(OC)ccc1/C=C(\C#N)C(N)=O. The first-order valence-electron chi connectivity index (χ1n) is 5.34. The van der Waals surface area contributed by atoms with Crippen molar-refractivity contribution in [1.82, 2.24) is 0 Å². The second-order valence-electron chi connectivity index (χ2n) is 3.37. The van der Waals surface area contributed by atoms with E-state index in [1.807, 2.05) is 6.92 Å². The van der Waals surface area contributed by atoms with Crippen LogP contribution in [0.3, 0.4) is 0 Å². The molecule has 0 aliphatic heterocycles. The van der Waals surface area contributed by atoms with Crippen LogP contribution >= 0.6 is 0 Å². The molecule has 0 spiro atoms. The molecule has 0 aliphatic rings. The molecule has 0 heterocycles. The number of hydrogen-bond donors (Lipinski definition) is 1. The van der Waals surface area contributed by atoms with Gasteiger partial charge in [0.1, 0.15) is 23.1 Å². The largest absolute Gasteiger partial charge is 0.497 e. The third kappa shape index (κ3) is 3.25. The highest BCUT2D eigenvalue weighted by atomic mass is 16.5. The number of carbonyl (C=O) groups excluding carboxylic acids is 1. The molecule has 0 fully saturated rings. The average Bonchev–Trinajstić information content (AvgIpc) is 2.37. The Morgan fingerprint density at radius 1 is 1.56 bits per heavy atom. The summed E-state index contributed by atoms with van der Waals surface area (Å²) in [6, 6.07) is 6.84. The number of nitrogens with two attached hydrogens (primary N) is 1. The van der Waals surface area contributed by atoms with Crippen molar-refractivity contribution < 1.29 is 14.3 Å². The van der Waals surface area contributed by atoms with Crippen molar-refractivity contribution >= 4 is 12.0 Å². The molecule has 0 saturated heterocycles. The van der Waals surface area contributed by atoms with Crippen LogP contribution in [0.4, 0.5) is 0 Å². The molecular formula is C13H14N2O3. The van der Waals surface area contributed by atoms with E-state index < -0.39 is 5.91 Å². The Bertz CT molecular complexity index is 515. The van der Waals surface area contributed by atoms with Gasteiger partial charge >= 0.3 is 0 Å². The predicted molar refractivity (Wildman–Crippen MR) is 66.9 cm³/mol. The van der Waals surface area contributed by atoms with Gasteiger partial charge in [-0.2, -0.15) is 5.26 Å². The predicted octanol–water partition coefficient (Wildman–Crippen LogP) is 1.49. The maximum Gasteiger partial charge on any atom is 0.259 e. The summed E-state index contributed by atoms with van der Waals surface area (Å²) < 4.78 is 10.5. The van der Waals surface area contributed by atoms with Gasteiger partial charge in [0.05, 0.1) is 13.7 Å². The fourth-order valence-electron chi connectivity index (χ4n) is 1.36. The number of benzene rings is 1. The minimum absolute atomic E-state index is 0.124. The summed E-state index contributed by atoms with van der Waals surface area (Å²) in [5.74, 6) is 0.398. The van der Waals surface area contributed by atoms with Crippen molar-refractivity contribution in [1.29, 1.82) is 5.26 Å². The second kappa shape index (κ2) is 6.30. The van der Waals surface area contributed by atoms with E-state index in [0.717, 1.165) is 0 Å². The van der Waals surface area contributed by atoms with E-state index in [1.165, 1.54) is 6.08 Å². The van der Waals surface area contributed by atoms with Crippen LogP contribution in [0.2, 0.25) is 0 Å². The van der Waals surface area contributed by atoms with Gasteiger partial charge < -0.3 is 15.2 Å². The Labute approximate surface area is 105 Å². The number of amides is 1. The lowest BCUT2D eigenvalue weighted by atomic mass is 10.1. The lowest BCUT2D eigenvalue weighted by molar-refractivity contribution is -0.114. The number of primary amides is 1. The zero-order valence-electron chi connectivity index (χ0n) is 10.3. The first-order valence-corrected chi connectivity index (χ1v) is 5.34. The number of hydrogen-bond acceptors (Lipinski definition) is 4. The molecule has 5 nitrogen and oxygen atoms in total. The van der Waals surface area contributed by atoms with Gasteiger partial charge in [0.15, 0.2) is 0 Å². The molecular weight excluding hydrogens is 232 g/mol. The van der Waals surface area contributed by atoms with Gasteiger partial charge in [-0.3, -0.25) is 4.79 Å². The number of carbonyl (C=O) groups is 1. The van der Waals surface area contributed by atoms with Crippen LogP contribution in [0.1, 0.15) is 12.5 Å². The van der Waals surface area contributed by atoms with Gasteiger partial charge in [-0.1, -0.05) is 0 Å². The highest BCUT2D eigenvalue weighted by Gasteiger charge is 2.08. The first kappa shape index (κ1) is 13.6. The van der Waals surface area contributed by atoms with Crippen molar-refractivity contribution in [2.75, 3.05) is 13.7 Å². The van der Waals surface area contributed by atoms with Gasteiger partial charge in [-0.15, -0.1) is 0 Å². The van der Waals surface area contributed by atoms with Crippen molar-refractivity contribution in [3.05, 3.63) is 29.3 Å². The summed E-state index contributed by atoms with van der Waals surface area (Å²) in [5, 5.41) is 8.79. The van der Waals surface area contributed by atoms with E-state index in [0.29, 0.717) is 23.7 Å². The maximum absolute atomic E-state index is 11.0. The summed E-state index contributed by atoms with van der Waals surface area (Å²) in [6.07, 6.45) is 1.40. The Balaban J connectivity index is 3.23. The van der Waals surface area contributed by atoms with Crippen molar-refractivity contribution in [2.45, 2.75) is 6.92 Å². The summed E-state index contributed by atoms with van der Waals surface area (Å²) >= 11 is 0. The summed E-state index contributed by atoms with van der Waals surface area (Å²) in [7, 11) is 1.55. The third-order valence-electron chi connectivity index (χ3n) is 2.21. The summed E-state index contributed by atoms with van der Waals surface area (Å²) in [6.45, 7) is 2.30. The van der Waals surface area contributed by atoms with E-state index >= 15 is 0 Å². The van der Waals surface area contributed by atoms with Crippen LogP contribution in [0.15, 0.2) is 23.8 Å². The molecule has 0 atom stereocenters. The van der Waals surface area contributed by atoms with Gasteiger partial charge in [0.25, 0.3) is 5.91 Å². The Morgan fingerprint density at radius 2 is 2.28 bits per heavy atom. The Morgan fingerprint density at radius 3 is 2.78 bits per heavy atom. The van der Waals surface area contributed by atoms with Crippen molar-refractivity contribution in [3.63, 3.8) is 0 Å². The molecule has 0 bridgehead atoms. The molecule has 0 unspecified atom stereocenters. The highest BCUT2D eigenvalue weighted by molar-refractivity contribution is 6.00. The zero-order chi connectivity index (χ0) is 13.5. The lowest BCUT2D eigenvalue weighted by Gasteiger charge is -2.09. The van der Waals surface area contributed by atoms with E-state index in [9.17, 15) is 4.79 Å².